The van der Waals surface area contributed by atoms with Crippen LogP contribution in [0.5, 0.6) is 0 Å². The fourth-order valence-corrected chi connectivity index (χ4v) is 8.70. The van der Waals surface area contributed by atoms with E-state index >= 15 is 0 Å². The van der Waals surface area contributed by atoms with E-state index in [9.17, 15) is 18.1 Å². The topological polar surface area (TPSA) is 83.8 Å². The lowest BCUT2D eigenvalue weighted by atomic mass is 9.53. The van der Waals surface area contributed by atoms with Crippen LogP contribution in [-0.4, -0.2) is 29.8 Å². The molecule has 0 radical (unpaired) electrons. The molecule has 6 heteroatoms. The summed E-state index contributed by atoms with van der Waals surface area (Å²) in [6, 6.07) is 0. The third kappa shape index (κ3) is 7.08. The minimum Gasteiger partial charge on any atom is -0.390 e. The van der Waals surface area contributed by atoms with Gasteiger partial charge < -0.3 is 5.11 Å². The highest BCUT2D eigenvalue weighted by Crippen LogP contribution is 2.63. The average molecular weight is 499 g/mol. The van der Waals surface area contributed by atoms with Gasteiger partial charge in [0, 0.05) is 0 Å². The van der Waals surface area contributed by atoms with E-state index < -0.39 is 22.1 Å². The third-order valence-electron chi connectivity index (χ3n) is 9.92. The van der Waals surface area contributed by atoms with Crippen LogP contribution in [0.25, 0.3) is 0 Å². The molecule has 34 heavy (non-hydrogen) atoms. The first-order valence-corrected chi connectivity index (χ1v) is 15.1. The van der Waals surface area contributed by atoms with Gasteiger partial charge in [-0.05, 0) is 119 Å². The molecule has 8 atom stereocenters. The van der Waals surface area contributed by atoms with E-state index in [-0.39, 0.29) is 0 Å². The molecule has 0 amide bonds. The van der Waals surface area contributed by atoms with Crippen LogP contribution in [-0.2, 0) is 14.6 Å². The molecular weight excluding hydrogens is 448 g/mol. The van der Waals surface area contributed by atoms with Gasteiger partial charge in [0.2, 0.25) is 0 Å². The van der Waals surface area contributed by atoms with E-state index in [0.29, 0.717) is 41.9 Å². The molecule has 0 aromatic rings. The van der Waals surface area contributed by atoms with Gasteiger partial charge in [-0.25, -0.2) is 4.18 Å². The Balaban J connectivity index is 1.74. The van der Waals surface area contributed by atoms with Crippen molar-refractivity contribution < 1.29 is 22.3 Å². The molecule has 3 aliphatic rings. The summed E-state index contributed by atoms with van der Waals surface area (Å²) < 4.78 is 36.9. The molecule has 2 saturated carbocycles. The zero-order valence-corrected chi connectivity index (χ0v) is 23.2. The van der Waals surface area contributed by atoms with Crippen LogP contribution in [0.2, 0.25) is 0 Å². The minimum absolute atomic E-state index is 0.400. The van der Waals surface area contributed by atoms with E-state index in [4.69, 9.17) is 4.18 Å². The molecule has 3 rings (SSSR count). The quantitative estimate of drug-likeness (QED) is 0.292. The molecule has 0 heterocycles. The average Bonchev–Trinajstić information content (AvgIpc) is 3.04. The Bertz CT molecular complexity index is 813. The zero-order chi connectivity index (χ0) is 25.3. The Morgan fingerprint density at radius 3 is 2.53 bits per heavy atom. The molecule has 2 fully saturated rings. The van der Waals surface area contributed by atoms with E-state index in [0.717, 1.165) is 37.5 Å². The van der Waals surface area contributed by atoms with Gasteiger partial charge in [0.1, 0.15) is 0 Å². The van der Waals surface area contributed by atoms with Crippen molar-refractivity contribution in [1.82, 2.24) is 0 Å². The van der Waals surface area contributed by atoms with Gasteiger partial charge in [0.05, 0.1) is 11.7 Å². The van der Waals surface area contributed by atoms with Crippen LogP contribution in [0.3, 0.4) is 0 Å². The van der Waals surface area contributed by atoms with Crippen LogP contribution in [0, 0.1) is 40.9 Å². The highest BCUT2D eigenvalue weighted by Gasteiger charge is 2.55. The Hall–Kier alpha value is -0.430. The lowest BCUT2D eigenvalue weighted by Gasteiger charge is -2.51. The second-order valence-electron chi connectivity index (χ2n) is 13.0. The summed E-state index contributed by atoms with van der Waals surface area (Å²) in [6.45, 7) is 13.3. The van der Waals surface area contributed by atoms with E-state index in [1.165, 1.54) is 37.7 Å². The van der Waals surface area contributed by atoms with Crippen molar-refractivity contribution in [3.63, 3.8) is 0 Å². The molecule has 0 aliphatic heterocycles. The minimum atomic E-state index is -4.43. The van der Waals surface area contributed by atoms with Crippen LogP contribution >= 0.6 is 0 Å². The van der Waals surface area contributed by atoms with E-state index in [1.807, 2.05) is 13.8 Å². The summed E-state index contributed by atoms with van der Waals surface area (Å²) in [7, 11) is -4.43. The first-order valence-electron chi connectivity index (χ1n) is 13.7. The molecule has 198 valence electrons. The number of hydrogen-bond acceptors (Lipinski definition) is 4. The van der Waals surface area contributed by atoms with Crippen molar-refractivity contribution >= 4 is 10.4 Å². The maximum Gasteiger partial charge on any atom is 0.397 e. The van der Waals surface area contributed by atoms with Crippen molar-refractivity contribution in [1.29, 1.82) is 0 Å². The second kappa shape index (κ2) is 10.9. The second-order valence-corrected chi connectivity index (χ2v) is 14.1. The van der Waals surface area contributed by atoms with Crippen molar-refractivity contribution in [2.75, 3.05) is 0 Å². The highest BCUT2D eigenvalue weighted by molar-refractivity contribution is 7.80. The lowest BCUT2D eigenvalue weighted by molar-refractivity contribution is -0.0232. The van der Waals surface area contributed by atoms with Crippen molar-refractivity contribution in [3.05, 3.63) is 11.6 Å². The summed E-state index contributed by atoms with van der Waals surface area (Å²) in [4.78, 5) is 0. The summed E-state index contributed by atoms with van der Waals surface area (Å²) >= 11 is 0. The number of allylic oxidation sites excluding steroid dienone is 1. The lowest BCUT2D eigenvalue weighted by Crippen LogP contribution is -2.44. The van der Waals surface area contributed by atoms with Crippen molar-refractivity contribution in [2.45, 2.75) is 124 Å². The molecular formula is C28H50O5S. The van der Waals surface area contributed by atoms with E-state index in [1.54, 1.807) is 0 Å². The third-order valence-corrected chi connectivity index (χ3v) is 10.4. The van der Waals surface area contributed by atoms with Gasteiger partial charge >= 0.3 is 10.4 Å². The highest BCUT2D eigenvalue weighted by atomic mass is 32.3. The van der Waals surface area contributed by atoms with E-state index in [2.05, 4.69) is 33.8 Å². The monoisotopic (exact) mass is 498 g/mol. The van der Waals surface area contributed by atoms with Gasteiger partial charge in [-0.2, -0.15) is 8.42 Å². The molecule has 3 aliphatic carbocycles. The first kappa shape index (κ1) is 28.1. The summed E-state index contributed by atoms with van der Waals surface area (Å²) in [5, 5.41) is 10.1. The van der Waals surface area contributed by atoms with Gasteiger partial charge in [-0.15, -0.1) is 0 Å². The molecule has 0 aromatic heterocycles. The smallest absolute Gasteiger partial charge is 0.390 e. The Morgan fingerprint density at radius 1 is 1.18 bits per heavy atom. The zero-order valence-electron chi connectivity index (χ0n) is 22.4. The van der Waals surface area contributed by atoms with Crippen molar-refractivity contribution in [2.24, 2.45) is 40.9 Å². The number of hydrogen-bond donors (Lipinski definition) is 2. The first-order chi connectivity index (χ1) is 15.7. The Kier molecular flexibility index (Phi) is 9.02. The molecule has 2 N–H and O–H groups in total. The fourth-order valence-electron chi connectivity index (χ4n) is 8.19. The molecule has 0 saturated heterocycles. The molecule has 6 unspecified atom stereocenters. The van der Waals surface area contributed by atoms with Gasteiger partial charge in [-0.3, -0.25) is 4.55 Å². The van der Waals surface area contributed by atoms with Gasteiger partial charge in [-0.1, -0.05) is 45.3 Å². The summed E-state index contributed by atoms with van der Waals surface area (Å²) in [5.74, 6) is 4.10. The molecule has 0 bridgehead atoms. The fraction of sp³-hybridized carbons (Fsp3) is 0.929. The van der Waals surface area contributed by atoms with Crippen molar-refractivity contribution in [3.8, 4) is 0 Å². The van der Waals surface area contributed by atoms with Gasteiger partial charge in [0.25, 0.3) is 0 Å². The summed E-state index contributed by atoms with van der Waals surface area (Å²) in [6.07, 6.45) is 13.5. The normalized spacial score (nSPS) is 40.1. The maximum absolute atomic E-state index is 11.3. The molecule has 0 spiro atoms. The predicted molar refractivity (Wildman–Crippen MR) is 138 cm³/mol. The Morgan fingerprint density at radius 2 is 1.88 bits per heavy atom. The van der Waals surface area contributed by atoms with Gasteiger partial charge in [0.15, 0.2) is 0 Å². The predicted octanol–water partition coefficient (Wildman–Crippen LogP) is 6.97. The maximum atomic E-state index is 11.3. The molecule has 5 nitrogen and oxygen atoms in total. The standard InChI is InChI=1S/C28H50O5S/c1-19-9-12-24-23(20(2)10-11-22(18-19)33-34(30,31)32)15-17-28(6)25(13-14-26(24)28)21(3)8-7-16-27(4,5)29/h9,20-26,29H,7-8,10-18H2,1-6H3,(H,30,31,32)/b19-9+/t20?,21?,22?,23-,24?,25?,26?,28-/m1/s1. The Labute approximate surface area is 209 Å². The number of aliphatic hydroxyl groups is 1. The number of rotatable bonds is 7. The van der Waals surface area contributed by atoms with Crippen LogP contribution in [0.15, 0.2) is 11.6 Å². The molecule has 0 aromatic carbocycles. The van der Waals surface area contributed by atoms with Crippen LogP contribution in [0.1, 0.15) is 112 Å². The van der Waals surface area contributed by atoms with Crippen LogP contribution < -0.4 is 0 Å². The largest absolute Gasteiger partial charge is 0.397 e. The van der Waals surface area contributed by atoms with Crippen LogP contribution in [0.4, 0.5) is 0 Å². The number of fused-ring (bicyclic) bond motifs is 3. The summed E-state index contributed by atoms with van der Waals surface area (Å²) in [5.41, 5.74) is 1.00. The SMILES string of the molecule is C/C1=C\CC2C3CCC(C(C)CCCC(C)(C)O)[C@@]3(C)CC[C@@H]2C(C)CCC(OS(=O)(=O)O)C1.